The molecule has 2 atom stereocenters. The van der Waals surface area contributed by atoms with Crippen LogP contribution >= 0.6 is 23.2 Å². The molecule has 0 aliphatic carbocycles. The Morgan fingerprint density at radius 3 is 2.38 bits per heavy atom. The van der Waals surface area contributed by atoms with Crippen LogP contribution in [0.4, 0.5) is 13.2 Å². The molecular formula is C16H14Cl2F3NO2. The lowest BCUT2D eigenvalue weighted by Crippen LogP contribution is -2.46. The van der Waals surface area contributed by atoms with Gasteiger partial charge in [-0.05, 0) is 41.5 Å². The second kappa shape index (κ2) is 6.78. The minimum absolute atomic E-state index is 0.0890. The van der Waals surface area contributed by atoms with Crippen LogP contribution in [0.5, 0.6) is 5.75 Å². The van der Waals surface area contributed by atoms with E-state index in [-0.39, 0.29) is 15.7 Å². The Hall–Kier alpha value is -1.50. The van der Waals surface area contributed by atoms with Crippen LogP contribution in [0, 0.1) is 0 Å². The van der Waals surface area contributed by atoms with Crippen LogP contribution in [0.3, 0.4) is 0 Å². The highest BCUT2D eigenvalue weighted by Crippen LogP contribution is 2.50. The van der Waals surface area contributed by atoms with Crippen molar-refractivity contribution in [1.29, 1.82) is 0 Å². The summed E-state index contributed by atoms with van der Waals surface area (Å²) in [5, 5.41) is 10.6. The summed E-state index contributed by atoms with van der Waals surface area (Å²) in [4.78, 5) is 3.65. The number of rotatable bonds is 4. The zero-order chi connectivity index (χ0) is 18.1. The highest BCUT2D eigenvalue weighted by molar-refractivity contribution is 6.31. The van der Waals surface area contributed by atoms with Crippen molar-refractivity contribution in [2.45, 2.75) is 24.6 Å². The van der Waals surface area contributed by atoms with E-state index in [2.05, 4.69) is 4.98 Å². The molecule has 0 bridgehead atoms. The van der Waals surface area contributed by atoms with Crippen molar-refractivity contribution in [3.63, 3.8) is 0 Å². The molecule has 3 nitrogen and oxygen atoms in total. The lowest BCUT2D eigenvalue weighted by molar-refractivity contribution is -0.274. The van der Waals surface area contributed by atoms with Crippen LogP contribution in [0.2, 0.25) is 10.2 Å². The summed E-state index contributed by atoms with van der Waals surface area (Å²) in [5.74, 6) is -1.09. The molecule has 0 radical (unpaired) electrons. The zero-order valence-electron chi connectivity index (χ0n) is 12.7. The van der Waals surface area contributed by atoms with Crippen LogP contribution in [-0.4, -0.2) is 23.4 Å². The van der Waals surface area contributed by atoms with Crippen molar-refractivity contribution in [3.8, 4) is 5.75 Å². The molecule has 0 saturated heterocycles. The molecular weight excluding hydrogens is 366 g/mol. The molecule has 1 N–H and O–H groups in total. The molecule has 0 saturated carbocycles. The largest absolute Gasteiger partial charge is 0.497 e. The van der Waals surface area contributed by atoms with Gasteiger partial charge in [0.1, 0.15) is 10.9 Å². The Labute approximate surface area is 147 Å². The number of hydrogen-bond donors (Lipinski definition) is 1. The average Bonchev–Trinajstić information content (AvgIpc) is 2.52. The third-order valence-electron chi connectivity index (χ3n) is 3.90. The molecule has 0 aliphatic rings. The SMILES string of the molecule is COc1ccc(Cl)c(C(C)C(O)(c2ccnc(Cl)c2)C(F)(F)F)c1. The smallest absolute Gasteiger partial charge is 0.422 e. The summed E-state index contributed by atoms with van der Waals surface area (Å²) in [5.41, 5.74) is -3.51. The van der Waals surface area contributed by atoms with Crippen LogP contribution in [-0.2, 0) is 5.60 Å². The molecule has 0 fully saturated rings. The number of benzene rings is 1. The van der Waals surface area contributed by atoms with Gasteiger partial charge in [-0.2, -0.15) is 13.2 Å². The summed E-state index contributed by atoms with van der Waals surface area (Å²) >= 11 is 11.7. The van der Waals surface area contributed by atoms with Gasteiger partial charge in [-0.25, -0.2) is 4.98 Å². The van der Waals surface area contributed by atoms with Crippen molar-refractivity contribution in [3.05, 3.63) is 57.8 Å². The first-order valence-electron chi connectivity index (χ1n) is 6.85. The first-order chi connectivity index (χ1) is 11.1. The van der Waals surface area contributed by atoms with Crippen LogP contribution < -0.4 is 4.74 Å². The Morgan fingerprint density at radius 2 is 1.83 bits per heavy atom. The number of hydrogen-bond acceptors (Lipinski definition) is 3. The molecule has 2 unspecified atom stereocenters. The monoisotopic (exact) mass is 379 g/mol. The van der Waals surface area contributed by atoms with Crippen molar-refractivity contribution < 1.29 is 23.0 Å². The Morgan fingerprint density at radius 1 is 1.17 bits per heavy atom. The second-order valence-corrected chi connectivity index (χ2v) is 6.03. The van der Waals surface area contributed by atoms with Crippen molar-refractivity contribution >= 4 is 23.2 Å². The summed E-state index contributed by atoms with van der Waals surface area (Å²) in [7, 11) is 1.39. The summed E-state index contributed by atoms with van der Waals surface area (Å²) in [6.45, 7) is 1.24. The van der Waals surface area contributed by atoms with E-state index in [9.17, 15) is 18.3 Å². The van der Waals surface area contributed by atoms with Crippen LogP contribution in [0.15, 0.2) is 36.5 Å². The van der Waals surface area contributed by atoms with E-state index in [0.717, 1.165) is 18.3 Å². The maximum atomic E-state index is 13.8. The average molecular weight is 380 g/mol. The van der Waals surface area contributed by atoms with Gasteiger partial charge in [-0.1, -0.05) is 30.1 Å². The lowest BCUT2D eigenvalue weighted by Gasteiger charge is -2.37. The molecule has 0 amide bonds. The van der Waals surface area contributed by atoms with E-state index in [1.807, 2.05) is 0 Å². The summed E-state index contributed by atoms with van der Waals surface area (Å²) in [6.07, 6.45) is -3.86. The molecule has 0 spiro atoms. The number of alkyl halides is 3. The highest BCUT2D eigenvalue weighted by Gasteiger charge is 2.59. The van der Waals surface area contributed by atoms with Gasteiger partial charge in [0.15, 0.2) is 5.60 Å². The van der Waals surface area contributed by atoms with Gasteiger partial charge in [0.2, 0.25) is 0 Å². The van der Waals surface area contributed by atoms with Crippen molar-refractivity contribution in [2.75, 3.05) is 7.11 Å². The van der Waals surface area contributed by atoms with Gasteiger partial charge >= 0.3 is 6.18 Å². The van der Waals surface area contributed by atoms with Crippen LogP contribution in [0.1, 0.15) is 24.0 Å². The van der Waals surface area contributed by atoms with Crippen molar-refractivity contribution in [1.82, 2.24) is 4.98 Å². The molecule has 2 rings (SSSR count). The van der Waals surface area contributed by atoms with Gasteiger partial charge in [0.25, 0.3) is 0 Å². The number of aromatic nitrogens is 1. The topological polar surface area (TPSA) is 42.4 Å². The second-order valence-electron chi connectivity index (χ2n) is 5.24. The quantitative estimate of drug-likeness (QED) is 0.764. The number of halogens is 5. The fourth-order valence-electron chi connectivity index (χ4n) is 2.50. The first kappa shape index (κ1) is 18.8. The van der Waals surface area contributed by atoms with E-state index in [1.165, 1.54) is 32.2 Å². The first-order valence-corrected chi connectivity index (χ1v) is 7.61. The standard InChI is InChI=1S/C16H14Cl2F3NO2/c1-9(12-8-11(24-2)3-4-13(12)17)15(23,16(19,20)21)10-5-6-22-14(18)7-10/h3-9,23H,1-2H3. The minimum atomic E-state index is -4.97. The fraction of sp³-hybridized carbons (Fsp3) is 0.312. The van der Waals surface area contributed by atoms with Gasteiger partial charge in [0.05, 0.1) is 7.11 Å². The van der Waals surface area contributed by atoms with E-state index < -0.39 is 23.3 Å². The predicted molar refractivity (Wildman–Crippen MR) is 85.6 cm³/mol. The Bertz CT molecular complexity index is 740. The summed E-state index contributed by atoms with van der Waals surface area (Å²) in [6, 6.07) is 6.37. The molecule has 24 heavy (non-hydrogen) atoms. The molecule has 1 aromatic heterocycles. The Balaban J connectivity index is 2.65. The molecule has 1 heterocycles. The minimum Gasteiger partial charge on any atom is -0.497 e. The zero-order valence-corrected chi connectivity index (χ0v) is 14.2. The predicted octanol–water partition coefficient (Wildman–Crippen LogP) is 4.95. The van der Waals surface area contributed by atoms with Gasteiger partial charge in [-0.3, -0.25) is 0 Å². The van der Waals surface area contributed by atoms with Gasteiger partial charge < -0.3 is 9.84 Å². The summed E-state index contributed by atoms with van der Waals surface area (Å²) < 4.78 is 46.4. The maximum absolute atomic E-state index is 13.8. The van der Waals surface area contributed by atoms with Gasteiger partial charge in [-0.15, -0.1) is 0 Å². The van der Waals surface area contributed by atoms with E-state index >= 15 is 0 Å². The number of nitrogens with zero attached hydrogens (tertiary/aromatic N) is 1. The normalized spacial score (nSPS) is 15.7. The highest BCUT2D eigenvalue weighted by atomic mass is 35.5. The maximum Gasteiger partial charge on any atom is 0.422 e. The lowest BCUT2D eigenvalue weighted by atomic mass is 9.78. The van der Waals surface area contributed by atoms with Crippen molar-refractivity contribution in [2.24, 2.45) is 0 Å². The molecule has 130 valence electrons. The van der Waals surface area contributed by atoms with Crippen LogP contribution in [0.25, 0.3) is 0 Å². The third kappa shape index (κ3) is 3.31. The number of aliphatic hydroxyl groups is 1. The molecule has 1 aromatic carbocycles. The molecule has 2 aromatic rings. The van der Waals surface area contributed by atoms with Gasteiger partial charge in [0, 0.05) is 17.1 Å². The van der Waals surface area contributed by atoms with E-state index in [4.69, 9.17) is 27.9 Å². The molecule has 0 aliphatic heterocycles. The van der Waals surface area contributed by atoms with E-state index in [1.54, 1.807) is 0 Å². The number of methoxy groups -OCH3 is 1. The fourth-order valence-corrected chi connectivity index (χ4v) is 2.96. The number of ether oxygens (including phenoxy) is 1. The number of pyridine rings is 1. The third-order valence-corrected chi connectivity index (χ3v) is 4.45. The molecule has 8 heteroatoms. The Kier molecular flexibility index (Phi) is 5.32. The van der Waals surface area contributed by atoms with E-state index in [0.29, 0.717) is 5.75 Å².